The van der Waals surface area contributed by atoms with Gasteiger partial charge in [-0.15, -0.1) is 0 Å². The average molecular weight is 311 g/mol. The fraction of sp³-hybridized carbons (Fsp3) is 0.600. The number of rotatable bonds is 3. The van der Waals surface area contributed by atoms with Gasteiger partial charge in [0.05, 0.1) is 0 Å². The molecule has 1 aromatic carbocycles. The lowest BCUT2D eigenvalue weighted by molar-refractivity contribution is 0.490. The molecule has 3 heteroatoms. The standard InChI is InChI=1S/C15H23BrN2/c1-10(2)14-5-4-8-18(14)15-7-6-12(16)9-13(15)11(3)17/h6-7,9-11,14H,4-5,8,17H2,1-3H3. The summed E-state index contributed by atoms with van der Waals surface area (Å²) in [6, 6.07) is 7.23. The summed E-state index contributed by atoms with van der Waals surface area (Å²) in [7, 11) is 0. The van der Waals surface area contributed by atoms with Crippen molar-refractivity contribution in [2.45, 2.75) is 45.7 Å². The number of hydrogen-bond acceptors (Lipinski definition) is 2. The van der Waals surface area contributed by atoms with Crippen LogP contribution in [-0.4, -0.2) is 12.6 Å². The highest BCUT2D eigenvalue weighted by Crippen LogP contribution is 2.35. The Bertz CT molecular complexity index is 415. The molecule has 0 aromatic heterocycles. The maximum Gasteiger partial charge on any atom is 0.0417 e. The van der Waals surface area contributed by atoms with Crippen LogP contribution in [0.5, 0.6) is 0 Å². The summed E-state index contributed by atoms with van der Waals surface area (Å²) in [6.45, 7) is 7.84. The van der Waals surface area contributed by atoms with Gasteiger partial charge in [-0.2, -0.15) is 0 Å². The molecule has 0 radical (unpaired) electrons. The Morgan fingerprint density at radius 3 is 2.67 bits per heavy atom. The summed E-state index contributed by atoms with van der Waals surface area (Å²) >= 11 is 3.54. The smallest absolute Gasteiger partial charge is 0.0417 e. The Morgan fingerprint density at radius 2 is 2.06 bits per heavy atom. The molecule has 1 fully saturated rings. The molecular weight excluding hydrogens is 288 g/mol. The van der Waals surface area contributed by atoms with E-state index >= 15 is 0 Å². The highest BCUT2D eigenvalue weighted by atomic mass is 79.9. The first-order valence-corrected chi connectivity index (χ1v) is 7.61. The van der Waals surface area contributed by atoms with Gasteiger partial charge in [-0.1, -0.05) is 29.8 Å². The number of halogens is 1. The molecule has 1 saturated heterocycles. The van der Waals surface area contributed by atoms with Gasteiger partial charge in [0.15, 0.2) is 0 Å². The van der Waals surface area contributed by atoms with Crippen LogP contribution in [0.1, 0.15) is 45.2 Å². The quantitative estimate of drug-likeness (QED) is 0.911. The minimum Gasteiger partial charge on any atom is -0.368 e. The van der Waals surface area contributed by atoms with Crippen LogP contribution in [0.4, 0.5) is 5.69 Å². The minimum absolute atomic E-state index is 0.0749. The first-order chi connectivity index (χ1) is 8.50. The van der Waals surface area contributed by atoms with E-state index in [0.717, 1.165) is 11.0 Å². The second kappa shape index (κ2) is 5.62. The minimum atomic E-state index is 0.0749. The van der Waals surface area contributed by atoms with Gasteiger partial charge in [0, 0.05) is 28.8 Å². The van der Waals surface area contributed by atoms with E-state index in [2.05, 4.69) is 59.8 Å². The fourth-order valence-corrected chi connectivity index (χ4v) is 3.32. The lowest BCUT2D eigenvalue weighted by Crippen LogP contribution is -2.34. The average Bonchev–Trinajstić information content (AvgIpc) is 2.77. The molecule has 1 aliphatic rings. The fourth-order valence-electron chi connectivity index (χ4n) is 2.94. The van der Waals surface area contributed by atoms with Crippen molar-refractivity contribution in [3.05, 3.63) is 28.2 Å². The SMILES string of the molecule is CC(N)c1cc(Br)ccc1N1CCCC1C(C)C. The number of nitrogens with zero attached hydrogens (tertiary/aromatic N) is 1. The Kier molecular flexibility index (Phi) is 4.33. The van der Waals surface area contributed by atoms with Crippen molar-refractivity contribution in [3.8, 4) is 0 Å². The molecule has 1 aliphatic heterocycles. The molecule has 0 amide bonds. The topological polar surface area (TPSA) is 29.3 Å². The molecular formula is C15H23BrN2. The third-order valence-electron chi connectivity index (χ3n) is 3.86. The number of hydrogen-bond donors (Lipinski definition) is 1. The molecule has 18 heavy (non-hydrogen) atoms. The Balaban J connectivity index is 2.38. The highest BCUT2D eigenvalue weighted by molar-refractivity contribution is 9.10. The summed E-state index contributed by atoms with van der Waals surface area (Å²) in [5.41, 5.74) is 8.70. The van der Waals surface area contributed by atoms with E-state index in [1.54, 1.807) is 0 Å². The first kappa shape index (κ1) is 13.9. The first-order valence-electron chi connectivity index (χ1n) is 6.82. The van der Waals surface area contributed by atoms with E-state index in [0.29, 0.717) is 12.0 Å². The molecule has 1 aromatic rings. The van der Waals surface area contributed by atoms with Gasteiger partial charge in [0.2, 0.25) is 0 Å². The van der Waals surface area contributed by atoms with E-state index in [9.17, 15) is 0 Å². The van der Waals surface area contributed by atoms with Crippen LogP contribution >= 0.6 is 15.9 Å². The third kappa shape index (κ3) is 2.72. The van der Waals surface area contributed by atoms with E-state index in [1.807, 2.05) is 0 Å². The van der Waals surface area contributed by atoms with Crippen molar-refractivity contribution in [2.24, 2.45) is 11.7 Å². The van der Waals surface area contributed by atoms with E-state index in [-0.39, 0.29) is 6.04 Å². The predicted octanol–water partition coefficient (Wildman–Crippen LogP) is 4.09. The predicted molar refractivity (Wildman–Crippen MR) is 82.0 cm³/mol. The Morgan fingerprint density at radius 1 is 1.33 bits per heavy atom. The Hall–Kier alpha value is -0.540. The molecule has 0 bridgehead atoms. The second-order valence-electron chi connectivity index (χ2n) is 5.64. The molecule has 2 nitrogen and oxygen atoms in total. The summed E-state index contributed by atoms with van der Waals surface area (Å²) in [5, 5.41) is 0. The zero-order valence-electron chi connectivity index (χ0n) is 11.5. The summed E-state index contributed by atoms with van der Waals surface area (Å²) < 4.78 is 1.11. The molecule has 2 N–H and O–H groups in total. The maximum absolute atomic E-state index is 6.13. The zero-order chi connectivity index (χ0) is 13.3. The monoisotopic (exact) mass is 310 g/mol. The second-order valence-corrected chi connectivity index (χ2v) is 6.55. The van der Waals surface area contributed by atoms with Crippen molar-refractivity contribution in [1.82, 2.24) is 0 Å². The summed E-state index contributed by atoms with van der Waals surface area (Å²) in [5.74, 6) is 0.692. The lowest BCUT2D eigenvalue weighted by atomic mass is 9.99. The molecule has 0 spiro atoms. The van der Waals surface area contributed by atoms with Crippen LogP contribution in [0.3, 0.4) is 0 Å². The molecule has 0 saturated carbocycles. The summed E-state index contributed by atoms with van der Waals surface area (Å²) in [4.78, 5) is 2.55. The molecule has 2 rings (SSSR count). The van der Waals surface area contributed by atoms with E-state index < -0.39 is 0 Å². The van der Waals surface area contributed by atoms with Crippen LogP contribution in [0.15, 0.2) is 22.7 Å². The van der Waals surface area contributed by atoms with Gasteiger partial charge in [0.1, 0.15) is 0 Å². The third-order valence-corrected chi connectivity index (χ3v) is 4.35. The largest absolute Gasteiger partial charge is 0.368 e. The van der Waals surface area contributed by atoms with Crippen molar-refractivity contribution >= 4 is 21.6 Å². The number of anilines is 1. The van der Waals surface area contributed by atoms with Gasteiger partial charge in [0.25, 0.3) is 0 Å². The number of nitrogens with two attached hydrogens (primary N) is 1. The molecule has 2 unspecified atom stereocenters. The Labute approximate surface area is 119 Å². The van der Waals surface area contributed by atoms with Crippen molar-refractivity contribution in [1.29, 1.82) is 0 Å². The lowest BCUT2D eigenvalue weighted by Gasteiger charge is -2.32. The summed E-state index contributed by atoms with van der Waals surface area (Å²) in [6.07, 6.45) is 2.59. The normalized spacial score (nSPS) is 21.7. The molecule has 100 valence electrons. The van der Waals surface area contributed by atoms with Crippen LogP contribution < -0.4 is 10.6 Å². The molecule has 1 heterocycles. The van der Waals surface area contributed by atoms with E-state index in [1.165, 1.54) is 24.1 Å². The van der Waals surface area contributed by atoms with Gasteiger partial charge >= 0.3 is 0 Å². The van der Waals surface area contributed by atoms with Crippen molar-refractivity contribution < 1.29 is 0 Å². The van der Waals surface area contributed by atoms with Gasteiger partial charge < -0.3 is 10.6 Å². The van der Waals surface area contributed by atoms with Crippen molar-refractivity contribution in [2.75, 3.05) is 11.4 Å². The number of benzene rings is 1. The highest BCUT2D eigenvalue weighted by Gasteiger charge is 2.29. The zero-order valence-corrected chi connectivity index (χ0v) is 13.1. The maximum atomic E-state index is 6.13. The van der Waals surface area contributed by atoms with Crippen LogP contribution in [0, 0.1) is 5.92 Å². The molecule has 0 aliphatic carbocycles. The van der Waals surface area contributed by atoms with E-state index in [4.69, 9.17) is 5.73 Å². The van der Waals surface area contributed by atoms with Crippen LogP contribution in [0.2, 0.25) is 0 Å². The molecule has 2 atom stereocenters. The van der Waals surface area contributed by atoms with Crippen LogP contribution in [0.25, 0.3) is 0 Å². The van der Waals surface area contributed by atoms with Gasteiger partial charge in [-0.05, 0) is 49.4 Å². The van der Waals surface area contributed by atoms with Crippen molar-refractivity contribution in [3.63, 3.8) is 0 Å². The van der Waals surface area contributed by atoms with Gasteiger partial charge in [-0.25, -0.2) is 0 Å². The van der Waals surface area contributed by atoms with Gasteiger partial charge in [-0.3, -0.25) is 0 Å². The van der Waals surface area contributed by atoms with Crippen LogP contribution in [-0.2, 0) is 0 Å².